The molecule has 5 heteroatoms. The van der Waals surface area contributed by atoms with E-state index in [9.17, 15) is 0 Å². The zero-order valence-electron chi connectivity index (χ0n) is 10.2. The number of aromatic nitrogens is 4. The maximum atomic E-state index is 4.21. The third-order valence-electron chi connectivity index (χ3n) is 3.04. The molecule has 1 fully saturated rings. The molecule has 2 heterocycles. The van der Waals surface area contributed by atoms with Crippen LogP contribution < -0.4 is 5.32 Å². The molecule has 1 aliphatic heterocycles. The van der Waals surface area contributed by atoms with Gasteiger partial charge in [0.15, 0.2) is 5.82 Å². The molecule has 0 bridgehead atoms. The first-order chi connectivity index (χ1) is 7.77. The number of hydrogen-bond donors (Lipinski definition) is 1. The van der Waals surface area contributed by atoms with Crippen molar-refractivity contribution in [1.82, 2.24) is 25.5 Å². The lowest BCUT2D eigenvalue weighted by molar-refractivity contribution is 0.434. The molecule has 1 unspecified atom stereocenters. The molecule has 5 nitrogen and oxygen atoms in total. The number of rotatable bonds is 3. The van der Waals surface area contributed by atoms with E-state index in [4.69, 9.17) is 0 Å². The summed E-state index contributed by atoms with van der Waals surface area (Å²) in [6.07, 6.45) is 3.57. The van der Waals surface area contributed by atoms with E-state index < -0.39 is 0 Å². The van der Waals surface area contributed by atoms with Gasteiger partial charge in [-0.2, -0.15) is 0 Å². The highest BCUT2D eigenvalue weighted by molar-refractivity contribution is 4.95. The zero-order chi connectivity index (χ0) is 11.4. The fourth-order valence-electron chi connectivity index (χ4n) is 2.26. The van der Waals surface area contributed by atoms with Gasteiger partial charge in [-0.1, -0.05) is 13.8 Å². The molecule has 1 N–H and O–H groups in total. The van der Waals surface area contributed by atoms with Crippen LogP contribution in [0, 0.1) is 5.92 Å². The van der Waals surface area contributed by atoms with Crippen molar-refractivity contribution in [3.63, 3.8) is 0 Å². The van der Waals surface area contributed by atoms with Crippen molar-refractivity contribution in [2.24, 2.45) is 5.92 Å². The van der Waals surface area contributed by atoms with Gasteiger partial charge < -0.3 is 5.32 Å². The maximum Gasteiger partial charge on any atom is 0.154 e. The maximum absolute atomic E-state index is 4.21. The quantitative estimate of drug-likeness (QED) is 0.836. The van der Waals surface area contributed by atoms with Gasteiger partial charge >= 0.3 is 0 Å². The van der Waals surface area contributed by atoms with Crippen molar-refractivity contribution < 1.29 is 0 Å². The molecule has 2 rings (SSSR count). The van der Waals surface area contributed by atoms with Crippen LogP contribution in [-0.2, 0) is 6.54 Å². The molecule has 1 saturated heterocycles. The van der Waals surface area contributed by atoms with Crippen molar-refractivity contribution in [1.29, 1.82) is 0 Å². The molecule has 0 aromatic carbocycles. The summed E-state index contributed by atoms with van der Waals surface area (Å²) in [5.41, 5.74) is 0. The SMILES string of the molecule is CC(C)Cn1nnnc1C1CCCNCC1. The first-order valence-electron chi connectivity index (χ1n) is 6.24. The fourth-order valence-corrected chi connectivity index (χ4v) is 2.26. The molecule has 90 valence electrons. The highest BCUT2D eigenvalue weighted by Crippen LogP contribution is 2.24. The van der Waals surface area contributed by atoms with Gasteiger partial charge in [-0.25, -0.2) is 4.68 Å². The first-order valence-corrected chi connectivity index (χ1v) is 6.24. The van der Waals surface area contributed by atoms with Crippen LogP contribution in [0.5, 0.6) is 0 Å². The highest BCUT2D eigenvalue weighted by atomic mass is 15.5. The lowest BCUT2D eigenvalue weighted by atomic mass is 10.00. The average Bonchev–Trinajstić information content (AvgIpc) is 2.53. The predicted octanol–water partition coefficient (Wildman–Crippen LogP) is 1.19. The van der Waals surface area contributed by atoms with Crippen molar-refractivity contribution in [2.45, 2.75) is 45.6 Å². The minimum atomic E-state index is 0.531. The van der Waals surface area contributed by atoms with Crippen LogP contribution in [0.3, 0.4) is 0 Å². The smallest absolute Gasteiger partial charge is 0.154 e. The minimum Gasteiger partial charge on any atom is -0.317 e. The van der Waals surface area contributed by atoms with Gasteiger partial charge in [-0.3, -0.25) is 0 Å². The lowest BCUT2D eigenvalue weighted by Gasteiger charge is -2.14. The summed E-state index contributed by atoms with van der Waals surface area (Å²) in [5, 5.41) is 15.6. The third-order valence-corrected chi connectivity index (χ3v) is 3.04. The second kappa shape index (κ2) is 5.39. The van der Waals surface area contributed by atoms with E-state index in [0.717, 1.165) is 31.9 Å². The van der Waals surface area contributed by atoms with E-state index in [1.165, 1.54) is 12.8 Å². The largest absolute Gasteiger partial charge is 0.317 e. The summed E-state index contributed by atoms with van der Waals surface area (Å²) in [6, 6.07) is 0. The summed E-state index contributed by atoms with van der Waals surface area (Å²) >= 11 is 0. The standard InChI is InChI=1S/C11H21N5/c1-9(2)8-16-11(13-14-15-16)10-4-3-6-12-7-5-10/h9-10,12H,3-8H2,1-2H3. The van der Waals surface area contributed by atoms with Crippen LogP contribution in [0.2, 0.25) is 0 Å². The Labute approximate surface area is 96.6 Å². The summed E-state index contributed by atoms with van der Waals surface area (Å²) < 4.78 is 1.99. The Hall–Kier alpha value is -0.970. The van der Waals surface area contributed by atoms with Gasteiger partial charge in [0.2, 0.25) is 0 Å². The molecular weight excluding hydrogens is 202 g/mol. The Balaban J connectivity index is 2.09. The van der Waals surface area contributed by atoms with E-state index in [-0.39, 0.29) is 0 Å². The highest BCUT2D eigenvalue weighted by Gasteiger charge is 2.20. The van der Waals surface area contributed by atoms with E-state index in [1.807, 2.05) is 4.68 Å². The normalized spacial score (nSPS) is 22.3. The van der Waals surface area contributed by atoms with E-state index in [2.05, 4.69) is 34.7 Å². The van der Waals surface area contributed by atoms with E-state index in [1.54, 1.807) is 0 Å². The van der Waals surface area contributed by atoms with Gasteiger partial charge in [0, 0.05) is 12.5 Å². The van der Waals surface area contributed by atoms with Crippen molar-refractivity contribution >= 4 is 0 Å². The second-order valence-corrected chi connectivity index (χ2v) is 4.99. The van der Waals surface area contributed by atoms with Gasteiger partial charge in [-0.15, -0.1) is 5.10 Å². The predicted molar refractivity (Wildman–Crippen MR) is 62.1 cm³/mol. The molecule has 1 aliphatic rings. The van der Waals surface area contributed by atoms with Crippen LogP contribution in [-0.4, -0.2) is 33.3 Å². The number of nitrogens with zero attached hydrogens (tertiary/aromatic N) is 4. The van der Waals surface area contributed by atoms with Gasteiger partial charge in [-0.05, 0) is 48.7 Å². The Morgan fingerprint density at radius 1 is 1.38 bits per heavy atom. The van der Waals surface area contributed by atoms with Crippen molar-refractivity contribution in [2.75, 3.05) is 13.1 Å². The van der Waals surface area contributed by atoms with Crippen molar-refractivity contribution in [3.8, 4) is 0 Å². The monoisotopic (exact) mass is 223 g/mol. The van der Waals surface area contributed by atoms with E-state index in [0.29, 0.717) is 11.8 Å². The molecule has 0 amide bonds. The minimum absolute atomic E-state index is 0.531. The molecule has 1 atom stereocenters. The Bertz CT molecular complexity index is 312. The Kier molecular flexibility index (Phi) is 3.88. The molecule has 1 aromatic rings. The lowest BCUT2D eigenvalue weighted by Crippen LogP contribution is -2.16. The number of nitrogens with one attached hydrogen (secondary N) is 1. The second-order valence-electron chi connectivity index (χ2n) is 4.99. The summed E-state index contributed by atoms with van der Waals surface area (Å²) in [6.45, 7) is 7.52. The Morgan fingerprint density at radius 3 is 3.06 bits per heavy atom. The number of tetrazole rings is 1. The zero-order valence-corrected chi connectivity index (χ0v) is 10.2. The number of hydrogen-bond acceptors (Lipinski definition) is 4. The summed E-state index contributed by atoms with van der Waals surface area (Å²) in [7, 11) is 0. The van der Waals surface area contributed by atoms with Crippen LogP contribution in [0.1, 0.15) is 44.9 Å². The fraction of sp³-hybridized carbons (Fsp3) is 0.909. The van der Waals surface area contributed by atoms with Crippen LogP contribution in [0.25, 0.3) is 0 Å². The first kappa shape index (κ1) is 11.5. The third kappa shape index (κ3) is 2.78. The Morgan fingerprint density at radius 2 is 2.25 bits per heavy atom. The molecule has 0 spiro atoms. The van der Waals surface area contributed by atoms with Crippen LogP contribution >= 0.6 is 0 Å². The van der Waals surface area contributed by atoms with Crippen LogP contribution in [0.15, 0.2) is 0 Å². The van der Waals surface area contributed by atoms with Crippen LogP contribution in [0.4, 0.5) is 0 Å². The van der Waals surface area contributed by atoms with Crippen molar-refractivity contribution in [3.05, 3.63) is 5.82 Å². The topological polar surface area (TPSA) is 55.6 Å². The summed E-state index contributed by atoms with van der Waals surface area (Å²) in [5.74, 6) is 2.20. The van der Waals surface area contributed by atoms with Gasteiger partial charge in [0.1, 0.15) is 0 Å². The molecule has 16 heavy (non-hydrogen) atoms. The van der Waals surface area contributed by atoms with E-state index >= 15 is 0 Å². The molecule has 0 aliphatic carbocycles. The average molecular weight is 223 g/mol. The molecule has 1 aromatic heterocycles. The van der Waals surface area contributed by atoms with Gasteiger partial charge in [0.05, 0.1) is 0 Å². The molecule has 0 saturated carbocycles. The molecule has 0 radical (unpaired) electrons. The van der Waals surface area contributed by atoms with Gasteiger partial charge in [0.25, 0.3) is 0 Å². The summed E-state index contributed by atoms with van der Waals surface area (Å²) in [4.78, 5) is 0. The molecular formula is C11H21N5.